The Morgan fingerprint density at radius 1 is 1.04 bits per heavy atom. The normalized spacial score (nSPS) is 11.2. The largest absolute Gasteiger partial charge is 0.496 e. The third kappa shape index (κ3) is 2.43. The number of aryl methyl sites for hydroxylation is 2. The summed E-state index contributed by atoms with van der Waals surface area (Å²) in [6, 6.07) is 7.52. The minimum Gasteiger partial charge on any atom is -0.496 e. The zero-order valence-corrected chi connectivity index (χ0v) is 15.8. The van der Waals surface area contributed by atoms with Crippen LogP contribution < -0.4 is 10.5 Å². The molecule has 0 unspecified atom stereocenters. The molecule has 7 heteroatoms. The summed E-state index contributed by atoms with van der Waals surface area (Å²) in [6.45, 7) is 6.12. The SMILES string of the molecule is COc1ccccc1-c1nnc(-c2sc3nc(C)c(C)c(C)c3c2N)o1. The number of hydrogen-bond acceptors (Lipinski definition) is 7. The quantitative estimate of drug-likeness (QED) is 0.573. The molecule has 0 saturated heterocycles. The topological polar surface area (TPSA) is 87.1 Å². The fraction of sp³-hybridized carbons (Fsp3) is 0.211. The molecule has 0 fully saturated rings. The van der Waals surface area contributed by atoms with Crippen molar-refractivity contribution in [2.75, 3.05) is 12.8 Å². The lowest BCUT2D eigenvalue weighted by Gasteiger charge is -2.05. The van der Waals surface area contributed by atoms with Crippen molar-refractivity contribution in [1.29, 1.82) is 0 Å². The highest BCUT2D eigenvalue weighted by molar-refractivity contribution is 7.22. The zero-order chi connectivity index (χ0) is 18.4. The summed E-state index contributed by atoms with van der Waals surface area (Å²) in [5.74, 6) is 1.46. The molecule has 0 aliphatic rings. The molecule has 0 atom stereocenters. The van der Waals surface area contributed by atoms with Crippen molar-refractivity contribution in [2.45, 2.75) is 20.8 Å². The Balaban J connectivity index is 1.86. The highest BCUT2D eigenvalue weighted by atomic mass is 32.1. The van der Waals surface area contributed by atoms with Crippen LogP contribution >= 0.6 is 11.3 Å². The maximum atomic E-state index is 6.41. The number of methoxy groups -OCH3 is 1. The summed E-state index contributed by atoms with van der Waals surface area (Å²) in [5.41, 5.74) is 11.1. The van der Waals surface area contributed by atoms with E-state index in [2.05, 4.69) is 29.0 Å². The van der Waals surface area contributed by atoms with Crippen molar-refractivity contribution >= 4 is 27.2 Å². The van der Waals surface area contributed by atoms with Crippen LogP contribution in [0.25, 0.3) is 32.4 Å². The van der Waals surface area contributed by atoms with E-state index in [1.165, 1.54) is 11.3 Å². The number of thiophene rings is 1. The lowest BCUT2D eigenvalue weighted by Crippen LogP contribution is -1.93. The van der Waals surface area contributed by atoms with Gasteiger partial charge in [0.25, 0.3) is 11.8 Å². The number of hydrogen-bond donors (Lipinski definition) is 1. The molecule has 4 rings (SSSR count). The second kappa shape index (κ2) is 6.10. The average Bonchev–Trinajstić information content (AvgIpc) is 3.24. The fourth-order valence-electron chi connectivity index (χ4n) is 2.97. The Hall–Kier alpha value is -2.93. The van der Waals surface area contributed by atoms with Gasteiger partial charge in [0.2, 0.25) is 0 Å². The lowest BCUT2D eigenvalue weighted by atomic mass is 10.1. The predicted molar refractivity (Wildman–Crippen MR) is 104 cm³/mol. The van der Waals surface area contributed by atoms with Crippen LogP contribution in [0.4, 0.5) is 5.69 Å². The van der Waals surface area contributed by atoms with Crippen molar-refractivity contribution in [3.8, 4) is 28.0 Å². The molecule has 0 spiro atoms. The summed E-state index contributed by atoms with van der Waals surface area (Å²) in [5, 5.41) is 9.34. The molecule has 132 valence electrons. The van der Waals surface area contributed by atoms with Crippen LogP contribution in [0.1, 0.15) is 16.8 Å². The summed E-state index contributed by atoms with van der Waals surface area (Å²) in [6.07, 6.45) is 0. The molecule has 6 nitrogen and oxygen atoms in total. The van der Waals surface area contributed by atoms with E-state index in [1.54, 1.807) is 7.11 Å². The number of nitrogens with two attached hydrogens (primary N) is 1. The molecule has 0 aliphatic heterocycles. The van der Waals surface area contributed by atoms with Gasteiger partial charge < -0.3 is 14.9 Å². The number of aromatic nitrogens is 3. The molecule has 0 amide bonds. The van der Waals surface area contributed by atoms with Crippen LogP contribution in [0.3, 0.4) is 0 Å². The molecule has 0 radical (unpaired) electrons. The number of anilines is 1. The molecular formula is C19H18N4O2S. The predicted octanol–water partition coefficient (Wildman–Crippen LogP) is 4.53. The monoisotopic (exact) mass is 366 g/mol. The van der Waals surface area contributed by atoms with Gasteiger partial charge in [0.15, 0.2) is 0 Å². The van der Waals surface area contributed by atoms with Gasteiger partial charge in [-0.05, 0) is 44.0 Å². The van der Waals surface area contributed by atoms with E-state index in [0.717, 1.165) is 37.5 Å². The van der Waals surface area contributed by atoms with Crippen LogP contribution in [-0.4, -0.2) is 22.3 Å². The summed E-state index contributed by atoms with van der Waals surface area (Å²) < 4.78 is 11.3. The third-order valence-electron chi connectivity index (χ3n) is 4.63. The van der Waals surface area contributed by atoms with E-state index in [1.807, 2.05) is 31.2 Å². The molecule has 0 saturated carbocycles. The number of nitrogen functional groups attached to an aromatic ring is 1. The van der Waals surface area contributed by atoms with Gasteiger partial charge in [0.05, 0.1) is 18.4 Å². The van der Waals surface area contributed by atoms with Crippen molar-refractivity contribution in [1.82, 2.24) is 15.2 Å². The Morgan fingerprint density at radius 2 is 1.77 bits per heavy atom. The maximum absolute atomic E-state index is 6.41. The van der Waals surface area contributed by atoms with Crippen molar-refractivity contribution in [3.05, 3.63) is 41.1 Å². The van der Waals surface area contributed by atoms with Crippen LogP contribution in [0.5, 0.6) is 5.75 Å². The Morgan fingerprint density at radius 3 is 2.54 bits per heavy atom. The highest BCUT2D eigenvalue weighted by Crippen LogP contribution is 2.42. The maximum Gasteiger partial charge on any atom is 0.260 e. The van der Waals surface area contributed by atoms with E-state index in [4.69, 9.17) is 14.9 Å². The second-order valence-corrected chi connectivity index (χ2v) is 7.08. The molecule has 2 N–H and O–H groups in total. The van der Waals surface area contributed by atoms with Crippen molar-refractivity contribution in [2.24, 2.45) is 0 Å². The van der Waals surface area contributed by atoms with E-state index in [9.17, 15) is 0 Å². The minimum atomic E-state index is 0.390. The molecule has 3 aromatic heterocycles. The van der Waals surface area contributed by atoms with Crippen molar-refractivity contribution in [3.63, 3.8) is 0 Å². The number of pyridine rings is 1. The van der Waals surface area contributed by atoms with Gasteiger partial charge in [0.1, 0.15) is 15.5 Å². The van der Waals surface area contributed by atoms with Gasteiger partial charge >= 0.3 is 0 Å². The van der Waals surface area contributed by atoms with Gasteiger partial charge in [-0.15, -0.1) is 21.5 Å². The van der Waals surface area contributed by atoms with Gasteiger partial charge in [-0.25, -0.2) is 4.98 Å². The molecule has 0 aliphatic carbocycles. The number of fused-ring (bicyclic) bond motifs is 1. The van der Waals surface area contributed by atoms with Crippen LogP contribution in [0, 0.1) is 20.8 Å². The molecule has 3 heterocycles. The first-order valence-corrected chi connectivity index (χ1v) is 8.96. The molecule has 26 heavy (non-hydrogen) atoms. The molecule has 0 bridgehead atoms. The summed E-state index contributed by atoms with van der Waals surface area (Å²) in [7, 11) is 1.61. The number of rotatable bonds is 3. The Bertz CT molecular complexity index is 1130. The van der Waals surface area contributed by atoms with E-state index in [0.29, 0.717) is 23.2 Å². The number of para-hydroxylation sites is 1. The first kappa shape index (κ1) is 16.5. The second-order valence-electron chi connectivity index (χ2n) is 6.08. The van der Waals surface area contributed by atoms with Crippen LogP contribution in [-0.2, 0) is 0 Å². The average molecular weight is 366 g/mol. The van der Waals surface area contributed by atoms with Crippen LogP contribution in [0.2, 0.25) is 0 Å². The summed E-state index contributed by atoms with van der Waals surface area (Å²) in [4.78, 5) is 6.29. The number of benzene rings is 1. The fourth-order valence-corrected chi connectivity index (χ4v) is 4.09. The molecule has 1 aromatic carbocycles. The summed E-state index contributed by atoms with van der Waals surface area (Å²) >= 11 is 1.47. The van der Waals surface area contributed by atoms with Gasteiger partial charge in [-0.2, -0.15) is 0 Å². The Kier molecular flexibility index (Phi) is 3.88. The number of ether oxygens (including phenoxy) is 1. The van der Waals surface area contributed by atoms with Gasteiger partial charge in [-0.3, -0.25) is 0 Å². The van der Waals surface area contributed by atoms with Gasteiger partial charge in [0, 0.05) is 11.1 Å². The van der Waals surface area contributed by atoms with E-state index < -0.39 is 0 Å². The van der Waals surface area contributed by atoms with E-state index in [-0.39, 0.29) is 0 Å². The molecular weight excluding hydrogens is 348 g/mol. The van der Waals surface area contributed by atoms with Gasteiger partial charge in [-0.1, -0.05) is 12.1 Å². The van der Waals surface area contributed by atoms with Crippen molar-refractivity contribution < 1.29 is 9.15 Å². The zero-order valence-electron chi connectivity index (χ0n) is 15.0. The Labute approximate surface area is 154 Å². The lowest BCUT2D eigenvalue weighted by molar-refractivity contribution is 0.414. The third-order valence-corrected chi connectivity index (χ3v) is 5.72. The highest BCUT2D eigenvalue weighted by Gasteiger charge is 2.21. The van der Waals surface area contributed by atoms with Crippen LogP contribution in [0.15, 0.2) is 28.7 Å². The standard InChI is InChI=1S/C19H18N4O2S/c1-9-10(2)14-15(20)16(26-19(14)21-11(9)3)18-23-22-17(25-18)12-7-5-6-8-13(12)24-4/h5-8H,20H2,1-4H3. The van der Waals surface area contributed by atoms with E-state index >= 15 is 0 Å². The first-order chi connectivity index (χ1) is 12.5. The first-order valence-electron chi connectivity index (χ1n) is 8.14. The smallest absolute Gasteiger partial charge is 0.260 e. The number of nitrogens with zero attached hydrogens (tertiary/aromatic N) is 3. The minimum absolute atomic E-state index is 0.390. The molecule has 4 aromatic rings.